The molecule has 0 bridgehead atoms. The molecule has 2 fully saturated rings. The number of carbonyl (C=O) groups excluding carboxylic acids is 3. The van der Waals surface area contributed by atoms with Gasteiger partial charge < -0.3 is 10.6 Å². The van der Waals surface area contributed by atoms with E-state index in [0.29, 0.717) is 22.3 Å². The summed E-state index contributed by atoms with van der Waals surface area (Å²) < 4.78 is 0. The molecule has 6 rings (SSSR count). The number of Topliss-reactive ketones (excluding diaryl/α,β-unsaturated/α-hetero) is 1. The molecule has 6 heteroatoms. The number of allylic oxidation sites excluding steroid dienone is 2. The molecular formula is C35H26N2O3S. The van der Waals surface area contributed by atoms with Gasteiger partial charge in [0.25, 0.3) is 0 Å². The predicted molar refractivity (Wildman–Crippen MR) is 164 cm³/mol. The minimum absolute atomic E-state index is 0.0525. The Hall–Kier alpha value is -4.94. The Kier molecular flexibility index (Phi) is 7.00. The lowest BCUT2D eigenvalue weighted by atomic mass is 9.51. The van der Waals surface area contributed by atoms with Crippen LogP contribution in [0, 0.1) is 5.41 Å². The normalized spacial score (nSPS) is 22.0. The maximum atomic E-state index is 14.8. The van der Waals surface area contributed by atoms with E-state index in [0.717, 1.165) is 11.1 Å². The lowest BCUT2D eigenvalue weighted by molar-refractivity contribution is -0.147. The van der Waals surface area contributed by atoms with Crippen LogP contribution in [-0.2, 0) is 14.4 Å². The Morgan fingerprint density at radius 3 is 1.24 bits per heavy atom. The summed E-state index contributed by atoms with van der Waals surface area (Å²) in [5, 5.41) is 5.44. The lowest BCUT2D eigenvalue weighted by Crippen LogP contribution is -2.68. The maximum Gasteiger partial charge on any atom is 0.243 e. The third kappa shape index (κ3) is 4.62. The number of benzene rings is 4. The van der Waals surface area contributed by atoms with Gasteiger partial charge in [-0.15, -0.1) is 0 Å². The van der Waals surface area contributed by atoms with Crippen molar-refractivity contribution < 1.29 is 14.4 Å². The minimum Gasteiger partial charge on any atom is -0.302 e. The number of rotatable bonds is 4. The molecule has 2 aliphatic rings. The van der Waals surface area contributed by atoms with Crippen molar-refractivity contribution in [2.75, 3.05) is 0 Å². The molecule has 1 aliphatic heterocycles. The van der Waals surface area contributed by atoms with Crippen LogP contribution in [0.5, 0.6) is 0 Å². The molecule has 1 heterocycles. The van der Waals surface area contributed by atoms with Crippen molar-refractivity contribution in [2.24, 2.45) is 5.41 Å². The zero-order chi connectivity index (χ0) is 28.4. The van der Waals surface area contributed by atoms with Crippen molar-refractivity contribution in [1.82, 2.24) is 10.6 Å². The number of carbonyl (C=O) groups is 3. The molecule has 4 aromatic carbocycles. The van der Waals surface area contributed by atoms with Gasteiger partial charge in [0.15, 0.2) is 16.3 Å². The van der Waals surface area contributed by atoms with Crippen LogP contribution in [0.15, 0.2) is 132 Å². The van der Waals surface area contributed by atoms with E-state index >= 15 is 0 Å². The Labute approximate surface area is 243 Å². The zero-order valence-electron chi connectivity index (χ0n) is 22.0. The fourth-order valence-corrected chi connectivity index (χ4v) is 6.27. The summed E-state index contributed by atoms with van der Waals surface area (Å²) in [6.45, 7) is 0. The predicted octanol–water partition coefficient (Wildman–Crippen LogP) is 5.82. The molecule has 0 aromatic heterocycles. The number of ketones is 1. The highest BCUT2D eigenvalue weighted by Crippen LogP contribution is 2.59. The van der Waals surface area contributed by atoms with E-state index in [4.69, 9.17) is 12.2 Å². The third-order valence-electron chi connectivity index (χ3n) is 7.77. The van der Waals surface area contributed by atoms with E-state index in [1.807, 2.05) is 121 Å². The van der Waals surface area contributed by atoms with Crippen molar-refractivity contribution in [1.29, 1.82) is 0 Å². The number of hydrogen-bond donors (Lipinski definition) is 2. The summed E-state index contributed by atoms with van der Waals surface area (Å²) >= 11 is 5.26. The number of hydrogen-bond acceptors (Lipinski definition) is 4. The molecule has 2 unspecified atom stereocenters. The van der Waals surface area contributed by atoms with E-state index in [1.54, 1.807) is 12.2 Å². The molecule has 41 heavy (non-hydrogen) atoms. The van der Waals surface area contributed by atoms with Gasteiger partial charge in [0.1, 0.15) is 0 Å². The molecule has 1 saturated heterocycles. The molecule has 1 spiro atoms. The van der Waals surface area contributed by atoms with Crippen LogP contribution in [0.1, 0.15) is 34.1 Å². The van der Waals surface area contributed by atoms with Gasteiger partial charge in [-0.3, -0.25) is 14.4 Å². The van der Waals surface area contributed by atoms with Gasteiger partial charge >= 0.3 is 0 Å². The van der Waals surface area contributed by atoms with Crippen LogP contribution in [0.25, 0.3) is 12.2 Å². The first-order valence-electron chi connectivity index (χ1n) is 13.3. The highest BCUT2D eigenvalue weighted by atomic mass is 32.1. The standard InChI is InChI=1S/C35H26N2O3S/c38-31-27(21-23-13-5-1-6-14-23)29(25-17-9-3-10-18-25)35(32(39)36-34(41)37-33(35)40)30(26-19-11-4-12-20-26)28(31)22-24-15-7-2-8-16-24/h1-22,29-30H,(H2,36,37,39,40,41)/b27-21-,28-22-. The molecule has 1 aliphatic carbocycles. The van der Waals surface area contributed by atoms with Crippen LogP contribution < -0.4 is 10.6 Å². The van der Waals surface area contributed by atoms with Crippen molar-refractivity contribution in [3.05, 3.63) is 155 Å². The number of amides is 2. The van der Waals surface area contributed by atoms with Gasteiger partial charge in [-0.2, -0.15) is 0 Å². The Bertz CT molecular complexity index is 1570. The molecular weight excluding hydrogens is 528 g/mol. The summed E-state index contributed by atoms with van der Waals surface area (Å²) in [5.74, 6) is -3.12. The van der Waals surface area contributed by atoms with Gasteiger partial charge in [-0.1, -0.05) is 121 Å². The van der Waals surface area contributed by atoms with Gasteiger partial charge in [0.05, 0.1) is 0 Å². The molecule has 4 aromatic rings. The Morgan fingerprint density at radius 1 is 0.537 bits per heavy atom. The number of nitrogens with one attached hydrogen (secondary N) is 2. The first kappa shape index (κ1) is 26.3. The Balaban J connectivity index is 1.74. The largest absolute Gasteiger partial charge is 0.302 e. The molecule has 200 valence electrons. The quantitative estimate of drug-likeness (QED) is 0.189. The summed E-state index contributed by atoms with van der Waals surface area (Å²) in [6.07, 6.45) is 3.60. The fraction of sp³-hybridized carbons (Fsp3) is 0.0857. The van der Waals surface area contributed by atoms with Crippen molar-refractivity contribution >= 4 is 47.1 Å². The molecule has 2 N–H and O–H groups in total. The maximum absolute atomic E-state index is 14.8. The molecule has 0 radical (unpaired) electrons. The zero-order valence-corrected chi connectivity index (χ0v) is 22.8. The average molecular weight is 555 g/mol. The Morgan fingerprint density at radius 2 is 0.878 bits per heavy atom. The van der Waals surface area contributed by atoms with Gasteiger partial charge in [0, 0.05) is 23.0 Å². The van der Waals surface area contributed by atoms with Gasteiger partial charge in [-0.05, 0) is 46.6 Å². The molecule has 2 atom stereocenters. The van der Waals surface area contributed by atoms with Crippen molar-refractivity contribution in [3.8, 4) is 0 Å². The van der Waals surface area contributed by atoms with Crippen LogP contribution >= 0.6 is 12.2 Å². The molecule has 2 amide bonds. The summed E-state index contributed by atoms with van der Waals surface area (Å²) in [5.41, 5.74) is 1.89. The molecule has 1 saturated carbocycles. The highest BCUT2D eigenvalue weighted by Gasteiger charge is 2.66. The van der Waals surface area contributed by atoms with E-state index in [-0.39, 0.29) is 10.9 Å². The van der Waals surface area contributed by atoms with Crippen molar-refractivity contribution in [2.45, 2.75) is 11.8 Å². The summed E-state index contributed by atoms with van der Waals surface area (Å²) in [6, 6.07) is 37.5. The molecule has 5 nitrogen and oxygen atoms in total. The average Bonchev–Trinajstić information content (AvgIpc) is 3.00. The second-order valence-corrected chi connectivity index (χ2v) is 10.6. The van der Waals surface area contributed by atoms with Crippen LogP contribution in [0.2, 0.25) is 0 Å². The smallest absolute Gasteiger partial charge is 0.243 e. The topological polar surface area (TPSA) is 75.3 Å². The van der Waals surface area contributed by atoms with Gasteiger partial charge in [-0.25, -0.2) is 0 Å². The van der Waals surface area contributed by atoms with Crippen LogP contribution in [0.4, 0.5) is 0 Å². The van der Waals surface area contributed by atoms with E-state index in [2.05, 4.69) is 10.6 Å². The lowest BCUT2D eigenvalue weighted by Gasteiger charge is -2.50. The monoisotopic (exact) mass is 554 g/mol. The SMILES string of the molecule is O=C1/C(=C\c2ccccc2)C(c2ccccc2)C2(C(=O)NC(=S)NC2=O)C(c2ccccc2)/C1=C/c1ccccc1. The van der Waals surface area contributed by atoms with E-state index in [9.17, 15) is 14.4 Å². The number of thiocarbonyl (C=S) groups is 1. The first-order valence-corrected chi connectivity index (χ1v) is 13.8. The van der Waals surface area contributed by atoms with E-state index in [1.165, 1.54) is 0 Å². The highest BCUT2D eigenvalue weighted by molar-refractivity contribution is 7.80. The fourth-order valence-electron chi connectivity index (χ4n) is 6.09. The van der Waals surface area contributed by atoms with Crippen LogP contribution in [0.3, 0.4) is 0 Å². The summed E-state index contributed by atoms with van der Waals surface area (Å²) in [7, 11) is 0. The van der Waals surface area contributed by atoms with E-state index < -0.39 is 29.1 Å². The third-order valence-corrected chi connectivity index (χ3v) is 7.98. The van der Waals surface area contributed by atoms with Crippen LogP contribution in [-0.4, -0.2) is 22.7 Å². The first-order chi connectivity index (χ1) is 20.0. The second-order valence-electron chi connectivity index (χ2n) is 10.1. The second kappa shape index (κ2) is 10.9. The van der Waals surface area contributed by atoms with Crippen molar-refractivity contribution in [3.63, 3.8) is 0 Å². The summed E-state index contributed by atoms with van der Waals surface area (Å²) in [4.78, 5) is 43.7. The van der Waals surface area contributed by atoms with Gasteiger partial charge in [0.2, 0.25) is 11.8 Å². The minimum atomic E-state index is -1.76.